The van der Waals surface area contributed by atoms with E-state index in [1.54, 1.807) is 13.2 Å². The van der Waals surface area contributed by atoms with Crippen molar-refractivity contribution in [1.29, 1.82) is 0 Å². The summed E-state index contributed by atoms with van der Waals surface area (Å²) in [7, 11) is 1.64. The lowest BCUT2D eigenvalue weighted by Crippen LogP contribution is -2.08. The number of fused-ring (bicyclic) bond motifs is 1. The number of nitrogen functional groups attached to an aromatic ring is 1. The first-order chi connectivity index (χ1) is 7.20. The average molecular weight is 206 g/mol. The molecular weight excluding hydrogens is 194 g/mol. The fraction of sp³-hybridized carbons (Fsp3) is 0.300. The number of methoxy groups -OCH3 is 1. The maximum Gasteiger partial charge on any atom is 0.346 e. The van der Waals surface area contributed by atoms with Crippen LogP contribution >= 0.6 is 0 Å². The van der Waals surface area contributed by atoms with Crippen molar-refractivity contribution in [2.45, 2.75) is 6.42 Å². The van der Waals surface area contributed by atoms with E-state index in [2.05, 4.69) is 10.6 Å². The summed E-state index contributed by atoms with van der Waals surface area (Å²) in [6.45, 7) is 0.605. The molecule has 1 aliphatic rings. The van der Waals surface area contributed by atoms with Gasteiger partial charge in [0.15, 0.2) is 0 Å². The molecule has 3 N–H and O–H groups in total. The number of nitrogens with two attached hydrogens (primary N) is 1. The van der Waals surface area contributed by atoms with Crippen molar-refractivity contribution in [3.8, 4) is 0 Å². The number of amides is 2. The normalized spacial score (nSPS) is 13.3. The minimum absolute atomic E-state index is 0.340. The molecule has 5 nitrogen and oxygen atoms in total. The van der Waals surface area contributed by atoms with Gasteiger partial charge in [0.1, 0.15) is 0 Å². The van der Waals surface area contributed by atoms with Crippen LogP contribution in [0.1, 0.15) is 5.56 Å². The van der Waals surface area contributed by atoms with Crippen LogP contribution < -0.4 is 16.4 Å². The number of nitrogens with zero attached hydrogens (tertiary/aromatic N) is 1. The summed E-state index contributed by atoms with van der Waals surface area (Å²) in [5.41, 5.74) is 8.77. The molecule has 79 valence electrons. The molecule has 2 amide bonds. The number of urea groups is 1. The first-order valence-electron chi connectivity index (χ1n) is 4.65. The third-order valence-corrected chi connectivity index (χ3v) is 2.30. The van der Waals surface area contributed by atoms with Crippen molar-refractivity contribution in [3.05, 3.63) is 17.7 Å². The lowest BCUT2D eigenvalue weighted by atomic mass is 10.1. The van der Waals surface area contributed by atoms with Crippen LogP contribution in [0.3, 0.4) is 0 Å². The van der Waals surface area contributed by atoms with Gasteiger partial charge in [-0.15, -0.1) is 0 Å². The highest BCUT2D eigenvalue weighted by molar-refractivity contribution is 6.03. The Morgan fingerprint density at radius 1 is 1.53 bits per heavy atom. The minimum Gasteiger partial charge on any atom is -0.398 e. The number of anilines is 2. The summed E-state index contributed by atoms with van der Waals surface area (Å²) in [6.07, 6.45) is 0.728. The quantitative estimate of drug-likeness (QED) is 0.730. The Morgan fingerprint density at radius 2 is 2.33 bits per heavy atom. The van der Waals surface area contributed by atoms with Crippen LogP contribution in [0.15, 0.2) is 12.1 Å². The van der Waals surface area contributed by atoms with Crippen LogP contribution in [0, 0.1) is 0 Å². The van der Waals surface area contributed by atoms with Gasteiger partial charge in [0, 0.05) is 12.8 Å². The average Bonchev–Trinajstić information content (AvgIpc) is 2.53. The summed E-state index contributed by atoms with van der Waals surface area (Å²) in [5.74, 6) is 0. The van der Waals surface area contributed by atoms with E-state index in [-0.39, 0.29) is 6.03 Å². The van der Waals surface area contributed by atoms with E-state index < -0.39 is 0 Å². The second-order valence-electron chi connectivity index (χ2n) is 3.35. The van der Waals surface area contributed by atoms with E-state index in [1.807, 2.05) is 6.07 Å². The summed E-state index contributed by atoms with van der Waals surface area (Å²) >= 11 is 0. The highest BCUT2D eigenvalue weighted by atomic mass is 16.5. The zero-order valence-electron chi connectivity index (χ0n) is 8.41. The van der Waals surface area contributed by atoms with E-state index in [9.17, 15) is 4.79 Å². The van der Waals surface area contributed by atoms with Crippen molar-refractivity contribution in [2.75, 3.05) is 24.8 Å². The smallest absolute Gasteiger partial charge is 0.346 e. The SMILES string of the molecule is COCCc1cc2c(cc1N)[N]C(=O)N2. The van der Waals surface area contributed by atoms with Crippen LogP contribution in [0.5, 0.6) is 0 Å². The number of hydrogen-bond donors (Lipinski definition) is 2. The van der Waals surface area contributed by atoms with Crippen molar-refractivity contribution in [2.24, 2.45) is 0 Å². The Bertz CT molecular complexity index is 404. The monoisotopic (exact) mass is 206 g/mol. The Balaban J connectivity index is 2.27. The van der Waals surface area contributed by atoms with Gasteiger partial charge < -0.3 is 15.8 Å². The van der Waals surface area contributed by atoms with Gasteiger partial charge in [-0.3, -0.25) is 0 Å². The van der Waals surface area contributed by atoms with Crippen LogP contribution in [-0.2, 0) is 11.2 Å². The number of hydrogen-bond acceptors (Lipinski definition) is 3. The molecule has 0 unspecified atom stereocenters. The minimum atomic E-state index is -0.340. The molecule has 15 heavy (non-hydrogen) atoms. The molecule has 1 heterocycles. The second kappa shape index (κ2) is 3.78. The van der Waals surface area contributed by atoms with E-state index >= 15 is 0 Å². The van der Waals surface area contributed by atoms with Crippen LogP contribution in [0.2, 0.25) is 0 Å². The van der Waals surface area contributed by atoms with Gasteiger partial charge in [0.25, 0.3) is 0 Å². The van der Waals surface area contributed by atoms with Gasteiger partial charge in [0.05, 0.1) is 18.0 Å². The topological polar surface area (TPSA) is 78.5 Å². The summed E-state index contributed by atoms with van der Waals surface area (Å²) in [6, 6.07) is 3.21. The van der Waals surface area contributed by atoms with Gasteiger partial charge in [-0.1, -0.05) is 0 Å². The molecule has 2 rings (SSSR count). The van der Waals surface area contributed by atoms with E-state index in [0.717, 1.165) is 17.7 Å². The predicted octanol–water partition coefficient (Wildman–Crippen LogP) is 1.24. The molecule has 1 aliphatic heterocycles. The van der Waals surface area contributed by atoms with Crippen molar-refractivity contribution >= 4 is 23.1 Å². The lowest BCUT2D eigenvalue weighted by molar-refractivity contribution is 0.202. The lowest BCUT2D eigenvalue weighted by Gasteiger charge is -2.06. The maximum absolute atomic E-state index is 11.0. The van der Waals surface area contributed by atoms with Crippen molar-refractivity contribution < 1.29 is 9.53 Å². The Kier molecular flexibility index (Phi) is 2.47. The molecule has 1 aromatic rings. The summed E-state index contributed by atoms with van der Waals surface area (Å²) in [4.78, 5) is 11.0. The molecule has 0 spiro atoms. The molecule has 0 saturated heterocycles. The molecule has 0 fully saturated rings. The molecule has 0 saturated carbocycles. The molecule has 0 atom stereocenters. The van der Waals surface area contributed by atoms with E-state index in [4.69, 9.17) is 10.5 Å². The number of ether oxygens (including phenoxy) is 1. The standard InChI is InChI=1S/C10H12N3O2/c1-15-3-2-6-4-8-9(5-7(6)11)13-10(14)12-8/h4-5H,2-3,11H2,1H3,(H,12,14). The van der Waals surface area contributed by atoms with E-state index in [0.29, 0.717) is 18.0 Å². The zero-order valence-corrected chi connectivity index (χ0v) is 8.41. The number of rotatable bonds is 3. The van der Waals surface area contributed by atoms with Crippen molar-refractivity contribution in [1.82, 2.24) is 5.32 Å². The molecule has 1 radical (unpaired) electrons. The molecule has 0 aromatic heterocycles. The van der Waals surface area contributed by atoms with Crippen LogP contribution in [0.4, 0.5) is 21.9 Å². The zero-order chi connectivity index (χ0) is 10.8. The molecular formula is C10H12N3O2. The highest BCUT2D eigenvalue weighted by Crippen LogP contribution is 2.32. The molecule has 1 aromatic carbocycles. The van der Waals surface area contributed by atoms with Gasteiger partial charge in [-0.2, -0.15) is 5.32 Å². The number of benzene rings is 1. The third kappa shape index (κ3) is 1.87. The largest absolute Gasteiger partial charge is 0.398 e. The summed E-state index contributed by atoms with van der Waals surface area (Å²) in [5, 5.41) is 6.41. The van der Waals surface area contributed by atoms with Gasteiger partial charge in [0.2, 0.25) is 0 Å². The Hall–Kier alpha value is -1.75. The maximum atomic E-state index is 11.0. The fourth-order valence-corrected chi connectivity index (χ4v) is 1.52. The number of carbonyl (C=O) groups excluding carboxylic acids is 1. The molecule has 5 heteroatoms. The van der Waals surface area contributed by atoms with Crippen LogP contribution in [0.25, 0.3) is 0 Å². The highest BCUT2D eigenvalue weighted by Gasteiger charge is 2.20. The second-order valence-corrected chi connectivity index (χ2v) is 3.35. The third-order valence-electron chi connectivity index (χ3n) is 2.30. The number of nitrogens with one attached hydrogen (secondary N) is 1. The first-order valence-corrected chi connectivity index (χ1v) is 4.65. The van der Waals surface area contributed by atoms with Crippen molar-refractivity contribution in [3.63, 3.8) is 0 Å². The molecule has 0 bridgehead atoms. The predicted molar refractivity (Wildman–Crippen MR) is 57.2 cm³/mol. The fourth-order valence-electron chi connectivity index (χ4n) is 1.52. The molecule has 0 aliphatic carbocycles. The number of carbonyl (C=O) groups is 1. The van der Waals surface area contributed by atoms with E-state index in [1.165, 1.54) is 0 Å². The summed E-state index contributed by atoms with van der Waals surface area (Å²) < 4.78 is 4.97. The Morgan fingerprint density at radius 3 is 3.07 bits per heavy atom. The Labute approximate surface area is 87.6 Å². The first kappa shape index (κ1) is 9.79. The van der Waals surface area contributed by atoms with Crippen LogP contribution in [-0.4, -0.2) is 19.7 Å². The van der Waals surface area contributed by atoms with Gasteiger partial charge in [-0.25, -0.2) is 4.79 Å². The van der Waals surface area contributed by atoms with Gasteiger partial charge in [-0.05, 0) is 24.1 Å². The van der Waals surface area contributed by atoms with Gasteiger partial charge >= 0.3 is 6.03 Å².